The van der Waals surface area contributed by atoms with Gasteiger partial charge in [0, 0.05) is 42.9 Å². The van der Waals surface area contributed by atoms with E-state index < -0.39 is 0 Å². The summed E-state index contributed by atoms with van der Waals surface area (Å²) in [5, 5.41) is 2.93. The maximum atomic E-state index is 11.8. The summed E-state index contributed by atoms with van der Waals surface area (Å²) in [5.74, 6) is -0.0484. The molecule has 1 amide bonds. The van der Waals surface area contributed by atoms with Crippen molar-refractivity contribution in [3.05, 3.63) is 53.1 Å². The molecule has 0 aliphatic carbocycles. The number of amides is 1. The van der Waals surface area contributed by atoms with Crippen LogP contribution in [0.5, 0.6) is 0 Å². The molecule has 0 spiro atoms. The number of aryl methyl sites for hydroxylation is 1. The summed E-state index contributed by atoms with van der Waals surface area (Å²) < 4.78 is 2.17. The smallest absolute Gasteiger partial charge is 0.251 e. The topological polar surface area (TPSA) is 46.9 Å². The fraction of sp³-hybridized carbons (Fsp3) is 0.333. The van der Waals surface area contributed by atoms with Gasteiger partial charge in [0.25, 0.3) is 5.91 Å². The molecule has 4 heteroatoms. The molecule has 0 saturated heterocycles. The molecule has 1 N–H and O–H groups in total. The van der Waals surface area contributed by atoms with Crippen LogP contribution in [0.15, 0.2) is 30.6 Å². The number of hydrogen-bond donors (Lipinski definition) is 1. The lowest BCUT2D eigenvalue weighted by atomic mass is 10.1. The van der Waals surface area contributed by atoms with Gasteiger partial charge < -0.3 is 9.88 Å². The van der Waals surface area contributed by atoms with Crippen molar-refractivity contribution in [3.8, 4) is 0 Å². The minimum absolute atomic E-state index is 0.0484. The van der Waals surface area contributed by atoms with Crippen molar-refractivity contribution >= 4 is 5.91 Å². The average molecular weight is 257 g/mol. The molecule has 2 aromatic rings. The zero-order valence-corrected chi connectivity index (χ0v) is 11.6. The number of aromatic nitrogens is 2. The second kappa shape index (κ2) is 5.69. The Morgan fingerprint density at radius 3 is 2.58 bits per heavy atom. The molecule has 100 valence electrons. The van der Waals surface area contributed by atoms with Crippen LogP contribution in [0.2, 0.25) is 0 Å². The summed E-state index contributed by atoms with van der Waals surface area (Å²) in [7, 11) is 2.06. The molecule has 19 heavy (non-hydrogen) atoms. The summed E-state index contributed by atoms with van der Waals surface area (Å²) in [4.78, 5) is 15.7. The van der Waals surface area contributed by atoms with Gasteiger partial charge >= 0.3 is 0 Å². The Morgan fingerprint density at radius 2 is 2.00 bits per heavy atom. The second-order valence-corrected chi connectivity index (χ2v) is 4.70. The zero-order chi connectivity index (χ0) is 13.8. The number of carbonyl (C=O) groups is 1. The highest BCUT2D eigenvalue weighted by Crippen LogP contribution is 2.13. The van der Waals surface area contributed by atoms with E-state index in [4.69, 9.17) is 0 Å². The Bertz CT molecular complexity index is 573. The van der Waals surface area contributed by atoms with Gasteiger partial charge in [0.1, 0.15) is 0 Å². The molecule has 2 heterocycles. The Morgan fingerprint density at radius 1 is 1.32 bits per heavy atom. The molecule has 0 aromatic carbocycles. The Balaban J connectivity index is 1.90. The maximum Gasteiger partial charge on any atom is 0.251 e. The zero-order valence-electron chi connectivity index (χ0n) is 11.6. The number of rotatable bonds is 4. The predicted molar refractivity (Wildman–Crippen MR) is 75.2 cm³/mol. The first-order chi connectivity index (χ1) is 9.09. The van der Waals surface area contributed by atoms with E-state index in [0.29, 0.717) is 12.1 Å². The monoisotopic (exact) mass is 257 g/mol. The first-order valence-corrected chi connectivity index (χ1v) is 6.39. The van der Waals surface area contributed by atoms with Crippen LogP contribution in [0, 0.1) is 13.8 Å². The normalized spacial score (nSPS) is 10.5. The molecule has 2 aromatic heterocycles. The van der Waals surface area contributed by atoms with Crippen LogP contribution in [0.4, 0.5) is 0 Å². The van der Waals surface area contributed by atoms with E-state index in [2.05, 4.69) is 41.8 Å². The van der Waals surface area contributed by atoms with Gasteiger partial charge in [-0.15, -0.1) is 0 Å². The molecule has 0 aliphatic rings. The average Bonchev–Trinajstić information content (AvgIpc) is 2.67. The number of nitrogens with one attached hydrogen (secondary N) is 1. The molecule has 0 aliphatic heterocycles. The lowest BCUT2D eigenvalue weighted by Crippen LogP contribution is -2.25. The van der Waals surface area contributed by atoms with Crippen molar-refractivity contribution in [2.45, 2.75) is 20.3 Å². The van der Waals surface area contributed by atoms with Crippen LogP contribution >= 0.6 is 0 Å². The van der Waals surface area contributed by atoms with E-state index in [1.165, 1.54) is 17.0 Å². The first-order valence-electron chi connectivity index (χ1n) is 6.39. The van der Waals surface area contributed by atoms with Gasteiger partial charge in [0.15, 0.2) is 0 Å². The van der Waals surface area contributed by atoms with Crippen LogP contribution < -0.4 is 5.32 Å². The van der Waals surface area contributed by atoms with Crippen molar-refractivity contribution in [2.75, 3.05) is 6.54 Å². The van der Waals surface area contributed by atoms with Gasteiger partial charge in [-0.25, -0.2) is 0 Å². The highest BCUT2D eigenvalue weighted by Gasteiger charge is 2.07. The van der Waals surface area contributed by atoms with E-state index in [1.54, 1.807) is 24.5 Å². The van der Waals surface area contributed by atoms with E-state index in [0.717, 1.165) is 6.42 Å². The fourth-order valence-corrected chi connectivity index (χ4v) is 2.10. The summed E-state index contributed by atoms with van der Waals surface area (Å²) >= 11 is 0. The third kappa shape index (κ3) is 3.02. The quantitative estimate of drug-likeness (QED) is 0.910. The lowest BCUT2D eigenvalue weighted by Gasteiger charge is -2.05. The molecule has 0 fully saturated rings. The Kier molecular flexibility index (Phi) is 4.00. The number of pyridine rings is 1. The number of nitrogens with zero attached hydrogens (tertiary/aromatic N) is 2. The maximum absolute atomic E-state index is 11.8. The second-order valence-electron chi connectivity index (χ2n) is 4.70. The summed E-state index contributed by atoms with van der Waals surface area (Å²) in [6.45, 7) is 4.84. The van der Waals surface area contributed by atoms with E-state index >= 15 is 0 Å². The van der Waals surface area contributed by atoms with Crippen LogP contribution in [0.1, 0.15) is 27.3 Å². The van der Waals surface area contributed by atoms with Crippen molar-refractivity contribution in [1.29, 1.82) is 0 Å². The standard InChI is InChI=1S/C15H19N3O/c1-11-10-14(12(2)18(11)3)6-9-17-15(19)13-4-7-16-8-5-13/h4-5,7-8,10H,6,9H2,1-3H3,(H,17,19). The Hall–Kier alpha value is -2.10. The molecule has 0 bridgehead atoms. The molecular weight excluding hydrogens is 238 g/mol. The van der Waals surface area contributed by atoms with Crippen LogP contribution in [0.25, 0.3) is 0 Å². The molecular formula is C15H19N3O. The highest BCUT2D eigenvalue weighted by molar-refractivity contribution is 5.93. The summed E-state index contributed by atoms with van der Waals surface area (Å²) in [6, 6.07) is 5.61. The van der Waals surface area contributed by atoms with Gasteiger partial charge in [0.05, 0.1) is 0 Å². The molecule has 2 rings (SSSR count). The van der Waals surface area contributed by atoms with Gasteiger partial charge in [-0.3, -0.25) is 9.78 Å². The van der Waals surface area contributed by atoms with Gasteiger partial charge in [0.2, 0.25) is 0 Å². The van der Waals surface area contributed by atoms with Crippen LogP contribution in [0.3, 0.4) is 0 Å². The third-order valence-electron chi connectivity index (χ3n) is 3.50. The molecule has 0 unspecified atom stereocenters. The van der Waals surface area contributed by atoms with Crippen LogP contribution in [-0.4, -0.2) is 22.0 Å². The Labute approximate surface area is 113 Å². The van der Waals surface area contributed by atoms with Crippen molar-refractivity contribution in [2.24, 2.45) is 7.05 Å². The van der Waals surface area contributed by atoms with Gasteiger partial charge in [-0.05, 0) is 44.0 Å². The summed E-state index contributed by atoms with van der Waals surface area (Å²) in [5.41, 5.74) is 4.44. The van der Waals surface area contributed by atoms with Crippen molar-refractivity contribution in [1.82, 2.24) is 14.9 Å². The lowest BCUT2D eigenvalue weighted by molar-refractivity contribution is 0.0954. The molecule has 0 atom stereocenters. The van der Waals surface area contributed by atoms with Crippen molar-refractivity contribution in [3.63, 3.8) is 0 Å². The van der Waals surface area contributed by atoms with Gasteiger partial charge in [-0.2, -0.15) is 0 Å². The number of hydrogen-bond acceptors (Lipinski definition) is 2. The molecule has 4 nitrogen and oxygen atoms in total. The molecule has 0 radical (unpaired) electrons. The van der Waals surface area contributed by atoms with E-state index in [9.17, 15) is 4.79 Å². The van der Waals surface area contributed by atoms with Crippen molar-refractivity contribution < 1.29 is 4.79 Å². The summed E-state index contributed by atoms with van der Waals surface area (Å²) in [6.07, 6.45) is 4.10. The highest BCUT2D eigenvalue weighted by atomic mass is 16.1. The van der Waals surface area contributed by atoms with Crippen LogP contribution in [-0.2, 0) is 13.5 Å². The molecule has 0 saturated carbocycles. The van der Waals surface area contributed by atoms with E-state index in [-0.39, 0.29) is 5.91 Å². The predicted octanol–water partition coefficient (Wildman–Crippen LogP) is 2.01. The third-order valence-corrected chi connectivity index (χ3v) is 3.50. The largest absolute Gasteiger partial charge is 0.352 e. The fourth-order valence-electron chi connectivity index (χ4n) is 2.10. The van der Waals surface area contributed by atoms with Gasteiger partial charge in [-0.1, -0.05) is 0 Å². The number of carbonyl (C=O) groups excluding carboxylic acids is 1. The minimum Gasteiger partial charge on any atom is -0.352 e. The SMILES string of the molecule is Cc1cc(CCNC(=O)c2ccncc2)c(C)n1C. The first kappa shape index (κ1) is 13.3. The van der Waals surface area contributed by atoms with E-state index in [1.807, 2.05) is 0 Å². The minimum atomic E-state index is -0.0484.